The summed E-state index contributed by atoms with van der Waals surface area (Å²) in [5.74, 6) is 0.958. The Morgan fingerprint density at radius 3 is 2.69 bits per heavy atom. The SMILES string of the molecule is Nc1cnc(N2CC=CC2)c(Br)c1. The predicted molar refractivity (Wildman–Crippen MR) is 57.7 cm³/mol. The van der Waals surface area contributed by atoms with Crippen molar-refractivity contribution in [1.29, 1.82) is 0 Å². The summed E-state index contributed by atoms with van der Waals surface area (Å²) in [6.07, 6.45) is 5.94. The van der Waals surface area contributed by atoms with Crippen molar-refractivity contribution in [2.45, 2.75) is 0 Å². The van der Waals surface area contributed by atoms with E-state index in [9.17, 15) is 0 Å². The smallest absolute Gasteiger partial charge is 0.143 e. The van der Waals surface area contributed by atoms with E-state index in [1.54, 1.807) is 6.20 Å². The van der Waals surface area contributed by atoms with Gasteiger partial charge >= 0.3 is 0 Å². The van der Waals surface area contributed by atoms with E-state index in [-0.39, 0.29) is 0 Å². The van der Waals surface area contributed by atoms with Crippen LogP contribution in [0.3, 0.4) is 0 Å². The van der Waals surface area contributed by atoms with Crippen LogP contribution in [-0.4, -0.2) is 18.1 Å². The molecule has 0 bridgehead atoms. The minimum absolute atomic E-state index is 0.683. The molecule has 1 aliphatic heterocycles. The Kier molecular flexibility index (Phi) is 2.22. The topological polar surface area (TPSA) is 42.1 Å². The van der Waals surface area contributed by atoms with Gasteiger partial charge in [-0.2, -0.15) is 0 Å². The molecule has 0 spiro atoms. The van der Waals surface area contributed by atoms with Gasteiger partial charge in [0.25, 0.3) is 0 Å². The molecule has 0 aliphatic carbocycles. The fraction of sp³-hybridized carbons (Fsp3) is 0.222. The monoisotopic (exact) mass is 239 g/mol. The Morgan fingerprint density at radius 1 is 1.38 bits per heavy atom. The Morgan fingerprint density at radius 2 is 2.08 bits per heavy atom. The zero-order chi connectivity index (χ0) is 9.26. The fourth-order valence-corrected chi connectivity index (χ4v) is 1.95. The first-order valence-electron chi connectivity index (χ1n) is 4.08. The average molecular weight is 240 g/mol. The minimum atomic E-state index is 0.683. The van der Waals surface area contributed by atoms with Crippen molar-refractivity contribution in [3.8, 4) is 0 Å². The number of rotatable bonds is 1. The second kappa shape index (κ2) is 3.38. The maximum atomic E-state index is 5.60. The number of pyridine rings is 1. The molecule has 0 aromatic carbocycles. The van der Waals surface area contributed by atoms with Crippen LogP contribution in [0.4, 0.5) is 11.5 Å². The van der Waals surface area contributed by atoms with E-state index < -0.39 is 0 Å². The van der Waals surface area contributed by atoms with Crippen LogP contribution in [0.2, 0.25) is 0 Å². The second-order valence-electron chi connectivity index (χ2n) is 2.95. The van der Waals surface area contributed by atoms with Gasteiger partial charge in [0.1, 0.15) is 5.82 Å². The standard InChI is InChI=1S/C9H10BrN3/c10-8-5-7(11)6-12-9(8)13-3-1-2-4-13/h1-2,5-6H,3-4,11H2. The van der Waals surface area contributed by atoms with E-state index >= 15 is 0 Å². The first-order chi connectivity index (χ1) is 6.27. The van der Waals surface area contributed by atoms with E-state index in [4.69, 9.17) is 5.73 Å². The van der Waals surface area contributed by atoms with E-state index in [1.807, 2.05) is 6.07 Å². The molecule has 0 atom stereocenters. The molecule has 3 nitrogen and oxygen atoms in total. The third-order valence-electron chi connectivity index (χ3n) is 1.96. The number of nitrogens with two attached hydrogens (primary N) is 1. The van der Waals surface area contributed by atoms with Gasteiger partial charge in [-0.05, 0) is 22.0 Å². The lowest BCUT2D eigenvalue weighted by Gasteiger charge is -2.17. The lowest BCUT2D eigenvalue weighted by Crippen LogP contribution is -2.20. The minimum Gasteiger partial charge on any atom is -0.397 e. The lowest BCUT2D eigenvalue weighted by atomic mass is 10.4. The molecule has 0 saturated carbocycles. The summed E-state index contributed by atoms with van der Waals surface area (Å²) < 4.78 is 0.955. The summed E-state index contributed by atoms with van der Waals surface area (Å²) in [6, 6.07) is 1.88. The maximum Gasteiger partial charge on any atom is 0.143 e. The van der Waals surface area contributed by atoms with Gasteiger partial charge in [-0.25, -0.2) is 4.98 Å². The van der Waals surface area contributed by atoms with Crippen molar-refractivity contribution in [3.63, 3.8) is 0 Å². The van der Waals surface area contributed by atoms with Crippen LogP contribution in [-0.2, 0) is 0 Å². The number of halogens is 1. The summed E-state index contributed by atoms with van der Waals surface area (Å²) >= 11 is 3.45. The van der Waals surface area contributed by atoms with Gasteiger partial charge in [-0.3, -0.25) is 0 Å². The molecular formula is C9H10BrN3. The van der Waals surface area contributed by atoms with Crippen molar-refractivity contribution in [1.82, 2.24) is 4.98 Å². The molecule has 4 heteroatoms. The van der Waals surface area contributed by atoms with Gasteiger partial charge < -0.3 is 10.6 Å². The third-order valence-corrected chi connectivity index (χ3v) is 2.54. The molecule has 0 saturated heterocycles. The van der Waals surface area contributed by atoms with E-state index in [1.165, 1.54) is 0 Å². The molecular weight excluding hydrogens is 230 g/mol. The highest BCUT2D eigenvalue weighted by Crippen LogP contribution is 2.26. The lowest BCUT2D eigenvalue weighted by molar-refractivity contribution is 0.964. The third kappa shape index (κ3) is 1.67. The number of anilines is 2. The summed E-state index contributed by atoms with van der Waals surface area (Å²) in [5, 5.41) is 0. The zero-order valence-corrected chi connectivity index (χ0v) is 8.66. The fourth-order valence-electron chi connectivity index (χ4n) is 1.33. The molecule has 2 N–H and O–H groups in total. The summed E-state index contributed by atoms with van der Waals surface area (Å²) in [4.78, 5) is 6.44. The van der Waals surface area contributed by atoms with Crippen LogP contribution in [0.15, 0.2) is 28.9 Å². The van der Waals surface area contributed by atoms with E-state index in [0.29, 0.717) is 5.69 Å². The highest BCUT2D eigenvalue weighted by atomic mass is 79.9. The second-order valence-corrected chi connectivity index (χ2v) is 3.80. The molecule has 68 valence electrons. The summed E-state index contributed by atoms with van der Waals surface area (Å²) in [7, 11) is 0. The Labute approximate surface area is 85.4 Å². The van der Waals surface area contributed by atoms with Gasteiger partial charge in [-0.1, -0.05) is 12.2 Å². The Balaban J connectivity index is 2.30. The molecule has 2 rings (SSSR count). The highest BCUT2D eigenvalue weighted by Gasteiger charge is 2.12. The van der Waals surface area contributed by atoms with Crippen LogP contribution in [0, 0.1) is 0 Å². The number of aromatic nitrogens is 1. The van der Waals surface area contributed by atoms with Gasteiger partial charge in [0.05, 0.1) is 16.4 Å². The van der Waals surface area contributed by atoms with E-state index in [2.05, 4.69) is 38.0 Å². The first-order valence-corrected chi connectivity index (χ1v) is 4.87. The number of nitrogens with zero attached hydrogens (tertiary/aromatic N) is 2. The average Bonchev–Trinajstić information content (AvgIpc) is 2.56. The van der Waals surface area contributed by atoms with Crippen LogP contribution >= 0.6 is 15.9 Å². The Bertz CT molecular complexity index is 341. The maximum absolute atomic E-state index is 5.60. The Hall–Kier alpha value is -1.03. The van der Waals surface area contributed by atoms with Gasteiger partial charge in [0, 0.05) is 13.1 Å². The van der Waals surface area contributed by atoms with E-state index in [0.717, 1.165) is 23.4 Å². The molecule has 0 amide bonds. The van der Waals surface area contributed by atoms with Crippen molar-refractivity contribution in [2.24, 2.45) is 0 Å². The van der Waals surface area contributed by atoms with Crippen molar-refractivity contribution < 1.29 is 0 Å². The van der Waals surface area contributed by atoms with Crippen LogP contribution in [0.5, 0.6) is 0 Å². The van der Waals surface area contributed by atoms with Crippen molar-refractivity contribution in [3.05, 3.63) is 28.9 Å². The number of hydrogen-bond donors (Lipinski definition) is 1. The largest absolute Gasteiger partial charge is 0.397 e. The molecule has 1 aromatic rings. The summed E-state index contributed by atoms with van der Waals surface area (Å²) in [5.41, 5.74) is 6.28. The van der Waals surface area contributed by atoms with Crippen LogP contribution in [0.25, 0.3) is 0 Å². The van der Waals surface area contributed by atoms with Crippen molar-refractivity contribution in [2.75, 3.05) is 23.7 Å². The number of nitrogen functional groups attached to an aromatic ring is 1. The first kappa shape index (κ1) is 8.56. The molecule has 0 radical (unpaired) electrons. The van der Waals surface area contributed by atoms with Crippen molar-refractivity contribution >= 4 is 27.4 Å². The van der Waals surface area contributed by atoms with Gasteiger partial charge in [-0.15, -0.1) is 0 Å². The highest BCUT2D eigenvalue weighted by molar-refractivity contribution is 9.10. The quantitative estimate of drug-likeness (QED) is 0.761. The number of hydrogen-bond acceptors (Lipinski definition) is 3. The molecule has 0 fully saturated rings. The van der Waals surface area contributed by atoms with Gasteiger partial charge in [0.2, 0.25) is 0 Å². The van der Waals surface area contributed by atoms with Crippen LogP contribution < -0.4 is 10.6 Å². The molecule has 1 aliphatic rings. The molecule has 2 heterocycles. The van der Waals surface area contributed by atoms with Gasteiger partial charge in [0.15, 0.2) is 0 Å². The normalized spacial score (nSPS) is 15.3. The molecule has 0 unspecified atom stereocenters. The molecule has 13 heavy (non-hydrogen) atoms. The predicted octanol–water partition coefficient (Wildman–Crippen LogP) is 1.80. The zero-order valence-electron chi connectivity index (χ0n) is 7.07. The molecule has 1 aromatic heterocycles. The summed E-state index contributed by atoms with van der Waals surface area (Å²) in [6.45, 7) is 1.85. The van der Waals surface area contributed by atoms with Crippen LogP contribution in [0.1, 0.15) is 0 Å².